The molecule has 1 heterocycles. The molecule has 3 nitrogen and oxygen atoms in total. The Balaban J connectivity index is 1.64. The van der Waals surface area contributed by atoms with Gasteiger partial charge in [0.2, 0.25) is 0 Å². The van der Waals surface area contributed by atoms with Crippen molar-refractivity contribution in [3.63, 3.8) is 0 Å². The van der Waals surface area contributed by atoms with Gasteiger partial charge in [0.05, 0.1) is 17.2 Å². The first-order valence-corrected chi connectivity index (χ1v) is 8.71. The summed E-state index contributed by atoms with van der Waals surface area (Å²) in [6.45, 7) is 1.39. The van der Waals surface area contributed by atoms with Gasteiger partial charge >= 0.3 is 0 Å². The molecular formula is C21H21FN2O. The molecule has 1 atom stereocenters. The third-order valence-electron chi connectivity index (χ3n) is 4.86. The molecule has 0 saturated carbocycles. The first-order valence-electron chi connectivity index (χ1n) is 8.71. The Labute approximate surface area is 147 Å². The number of amides is 1. The minimum atomic E-state index is -0.158. The fraction of sp³-hybridized carbons (Fsp3) is 0.333. The van der Waals surface area contributed by atoms with Gasteiger partial charge in [0, 0.05) is 13.1 Å². The lowest BCUT2D eigenvalue weighted by Crippen LogP contribution is -2.40. The van der Waals surface area contributed by atoms with Gasteiger partial charge in [-0.15, -0.1) is 0 Å². The summed E-state index contributed by atoms with van der Waals surface area (Å²) in [6.07, 6.45) is 3.55. The molecule has 0 radical (unpaired) electrons. The van der Waals surface area contributed by atoms with Crippen LogP contribution in [0.3, 0.4) is 0 Å². The predicted octanol–water partition coefficient (Wildman–Crippen LogP) is 4.18. The number of nitrogens with zero attached hydrogens (tertiary/aromatic N) is 2. The van der Waals surface area contributed by atoms with E-state index in [4.69, 9.17) is 0 Å². The number of carbonyl (C=O) groups excluding carboxylic acids is 1. The number of piperidine rings is 1. The molecule has 1 fully saturated rings. The molecule has 0 bridgehead atoms. The summed E-state index contributed by atoms with van der Waals surface area (Å²) in [5.74, 6) is 0.133. The molecule has 4 heteroatoms. The maximum atomic E-state index is 13.8. The Morgan fingerprint density at radius 1 is 1.20 bits per heavy atom. The maximum Gasteiger partial charge on any atom is 0.255 e. The average Bonchev–Trinajstić information content (AvgIpc) is 2.67. The summed E-state index contributed by atoms with van der Waals surface area (Å²) >= 11 is 0. The van der Waals surface area contributed by atoms with Crippen LogP contribution in [0.25, 0.3) is 0 Å². The van der Waals surface area contributed by atoms with E-state index in [0.29, 0.717) is 30.0 Å². The first kappa shape index (κ1) is 17.2. The van der Waals surface area contributed by atoms with E-state index in [1.165, 1.54) is 6.07 Å². The number of hydrogen-bond donors (Lipinski definition) is 0. The second kappa shape index (κ2) is 7.94. The van der Waals surface area contributed by atoms with Crippen molar-refractivity contribution in [2.45, 2.75) is 25.7 Å². The molecule has 1 aliphatic rings. The van der Waals surface area contributed by atoms with Gasteiger partial charge in [0.1, 0.15) is 5.82 Å². The van der Waals surface area contributed by atoms with Crippen LogP contribution in [0.2, 0.25) is 0 Å². The SMILES string of the molecule is N#Cc1ccccc1C(=O)N1CCC[C@@H](CCc2ccccc2F)C1. The van der Waals surface area contributed by atoms with Crippen LogP contribution in [0, 0.1) is 23.1 Å². The predicted molar refractivity (Wildman–Crippen MR) is 94.5 cm³/mol. The molecule has 25 heavy (non-hydrogen) atoms. The van der Waals surface area contributed by atoms with Gasteiger partial charge in [0.15, 0.2) is 0 Å². The fourth-order valence-corrected chi connectivity index (χ4v) is 3.48. The van der Waals surface area contributed by atoms with Crippen molar-refractivity contribution in [3.8, 4) is 6.07 Å². The van der Waals surface area contributed by atoms with Crippen molar-refractivity contribution < 1.29 is 9.18 Å². The van der Waals surface area contributed by atoms with E-state index in [0.717, 1.165) is 31.4 Å². The zero-order chi connectivity index (χ0) is 17.6. The Kier molecular flexibility index (Phi) is 5.45. The molecule has 1 aliphatic heterocycles. The largest absolute Gasteiger partial charge is 0.338 e. The molecular weight excluding hydrogens is 315 g/mol. The van der Waals surface area contributed by atoms with Crippen molar-refractivity contribution in [3.05, 3.63) is 71.0 Å². The highest BCUT2D eigenvalue weighted by molar-refractivity contribution is 5.96. The van der Waals surface area contributed by atoms with E-state index in [9.17, 15) is 14.4 Å². The first-order chi connectivity index (χ1) is 12.2. The smallest absolute Gasteiger partial charge is 0.255 e. The maximum absolute atomic E-state index is 13.8. The van der Waals surface area contributed by atoms with E-state index in [1.54, 1.807) is 30.3 Å². The molecule has 0 N–H and O–H groups in total. The topological polar surface area (TPSA) is 44.1 Å². The highest BCUT2D eigenvalue weighted by Crippen LogP contribution is 2.24. The van der Waals surface area contributed by atoms with Crippen LogP contribution >= 0.6 is 0 Å². The van der Waals surface area contributed by atoms with E-state index in [-0.39, 0.29) is 11.7 Å². The van der Waals surface area contributed by atoms with Crippen LogP contribution in [0.4, 0.5) is 4.39 Å². The lowest BCUT2D eigenvalue weighted by molar-refractivity contribution is 0.0668. The van der Waals surface area contributed by atoms with Crippen LogP contribution in [-0.2, 0) is 6.42 Å². The summed E-state index contributed by atoms with van der Waals surface area (Å²) in [5, 5.41) is 9.20. The van der Waals surface area contributed by atoms with E-state index >= 15 is 0 Å². The zero-order valence-corrected chi connectivity index (χ0v) is 14.1. The third-order valence-corrected chi connectivity index (χ3v) is 4.86. The Bertz CT molecular complexity index is 796. The molecule has 0 spiro atoms. The quantitative estimate of drug-likeness (QED) is 0.840. The van der Waals surface area contributed by atoms with Crippen LogP contribution in [0.15, 0.2) is 48.5 Å². The third kappa shape index (κ3) is 4.06. The molecule has 0 aromatic heterocycles. The van der Waals surface area contributed by atoms with Crippen LogP contribution in [0.1, 0.15) is 40.7 Å². The van der Waals surface area contributed by atoms with Crippen molar-refractivity contribution >= 4 is 5.91 Å². The molecule has 0 unspecified atom stereocenters. The second-order valence-electron chi connectivity index (χ2n) is 6.55. The molecule has 0 aliphatic carbocycles. The van der Waals surface area contributed by atoms with Crippen molar-refractivity contribution in [1.82, 2.24) is 4.90 Å². The van der Waals surface area contributed by atoms with Gasteiger partial charge in [0.25, 0.3) is 5.91 Å². The lowest BCUT2D eigenvalue weighted by Gasteiger charge is -2.33. The van der Waals surface area contributed by atoms with Crippen LogP contribution in [0.5, 0.6) is 0 Å². The number of aryl methyl sites for hydroxylation is 1. The summed E-state index contributed by atoms with van der Waals surface area (Å²) in [5.41, 5.74) is 1.63. The van der Waals surface area contributed by atoms with E-state index < -0.39 is 0 Å². The highest BCUT2D eigenvalue weighted by Gasteiger charge is 2.25. The molecule has 2 aromatic carbocycles. The molecule has 128 valence electrons. The Morgan fingerprint density at radius 2 is 1.96 bits per heavy atom. The Morgan fingerprint density at radius 3 is 2.76 bits per heavy atom. The van der Waals surface area contributed by atoms with Crippen molar-refractivity contribution in [1.29, 1.82) is 5.26 Å². The van der Waals surface area contributed by atoms with E-state index in [1.807, 2.05) is 17.0 Å². The van der Waals surface area contributed by atoms with Gasteiger partial charge in [-0.1, -0.05) is 30.3 Å². The zero-order valence-electron chi connectivity index (χ0n) is 14.1. The normalized spacial score (nSPS) is 17.1. The van der Waals surface area contributed by atoms with Gasteiger partial charge < -0.3 is 4.90 Å². The van der Waals surface area contributed by atoms with Gasteiger partial charge in [-0.25, -0.2) is 4.39 Å². The lowest BCUT2D eigenvalue weighted by atomic mass is 9.91. The fourth-order valence-electron chi connectivity index (χ4n) is 3.48. The number of carbonyl (C=O) groups is 1. The Hall–Kier alpha value is -2.67. The van der Waals surface area contributed by atoms with Crippen molar-refractivity contribution in [2.24, 2.45) is 5.92 Å². The van der Waals surface area contributed by atoms with E-state index in [2.05, 4.69) is 6.07 Å². The second-order valence-corrected chi connectivity index (χ2v) is 6.55. The van der Waals surface area contributed by atoms with Gasteiger partial charge in [-0.2, -0.15) is 5.26 Å². The van der Waals surface area contributed by atoms with Crippen molar-refractivity contribution in [2.75, 3.05) is 13.1 Å². The monoisotopic (exact) mass is 336 g/mol. The summed E-state index contributed by atoms with van der Waals surface area (Å²) in [6, 6.07) is 15.9. The molecule has 1 saturated heterocycles. The minimum absolute atomic E-state index is 0.0762. The van der Waals surface area contributed by atoms with Gasteiger partial charge in [-0.3, -0.25) is 4.79 Å². The standard InChI is InChI=1S/C21H21FN2O/c22-20-10-4-2-7-17(20)12-11-16-6-5-13-24(15-16)21(25)19-9-3-1-8-18(19)14-23/h1-4,7-10,16H,5-6,11-13,15H2/t16-/m0/s1. The summed E-state index contributed by atoms with van der Waals surface area (Å²) in [7, 11) is 0. The minimum Gasteiger partial charge on any atom is -0.338 e. The highest BCUT2D eigenvalue weighted by atomic mass is 19.1. The number of rotatable bonds is 4. The summed E-state index contributed by atoms with van der Waals surface area (Å²) < 4.78 is 13.8. The number of halogens is 1. The summed E-state index contributed by atoms with van der Waals surface area (Å²) in [4.78, 5) is 14.6. The molecule has 3 rings (SSSR count). The number of likely N-dealkylation sites (tertiary alicyclic amines) is 1. The number of benzene rings is 2. The van der Waals surface area contributed by atoms with Crippen LogP contribution < -0.4 is 0 Å². The van der Waals surface area contributed by atoms with Gasteiger partial charge in [-0.05, 0) is 55.4 Å². The molecule has 2 aromatic rings. The number of hydrogen-bond acceptors (Lipinski definition) is 2. The van der Waals surface area contributed by atoms with Crippen LogP contribution in [-0.4, -0.2) is 23.9 Å². The number of nitriles is 1. The average molecular weight is 336 g/mol. The molecule has 1 amide bonds.